The van der Waals surface area contributed by atoms with Gasteiger partial charge < -0.3 is 50.3 Å². The van der Waals surface area contributed by atoms with Gasteiger partial charge in [-0.3, -0.25) is 29.6 Å². The number of amides is 1. The number of nitrogens with zero attached hydrogens (tertiary/aromatic N) is 2. The van der Waals surface area contributed by atoms with Gasteiger partial charge in [-0.2, -0.15) is 16.8 Å². The number of hydrogen-bond acceptors (Lipinski definition) is 15. The molecule has 6 rings (SSSR count). The minimum atomic E-state index is -3.92. The highest BCUT2D eigenvalue weighted by Gasteiger charge is 2.22. The van der Waals surface area contributed by atoms with Crippen molar-refractivity contribution >= 4 is 61.8 Å². The van der Waals surface area contributed by atoms with Crippen molar-refractivity contribution in [3.63, 3.8) is 0 Å². The summed E-state index contributed by atoms with van der Waals surface area (Å²) in [6, 6.07) is 27.5. The molecule has 0 unspecified atom stereocenters. The Labute approximate surface area is 401 Å². The Morgan fingerprint density at radius 2 is 1.10 bits per heavy atom. The molecule has 0 atom stereocenters. The summed E-state index contributed by atoms with van der Waals surface area (Å²) < 4.78 is 81.8. The van der Waals surface area contributed by atoms with Crippen LogP contribution in [0.5, 0.6) is 28.7 Å². The Bertz CT molecular complexity index is 2250. The summed E-state index contributed by atoms with van der Waals surface area (Å²) in [7, 11) is -7.85. The Balaban J connectivity index is 0.000000356. The van der Waals surface area contributed by atoms with E-state index in [0.29, 0.717) is 48.2 Å². The Hall–Kier alpha value is -5.43. The summed E-state index contributed by atoms with van der Waals surface area (Å²) >= 11 is 5.85. The molecule has 4 aromatic carbocycles. The van der Waals surface area contributed by atoms with E-state index in [2.05, 4.69) is 11.0 Å². The number of nitrogens with two attached hydrogens (primary N) is 2. The SMILES string of the molecule is Cl.N=C(N)c1ccc(OCCCCCOc2ccc(C(=N)N)cc2)cc1.O=C(COc1ccc(Cl)cc1)N1CCN(Cc2ccc3c(c2)OCO3)CC1.O=S(=O)(O)CCO.O=S(=O)(O)CCO. The highest BCUT2D eigenvalue weighted by molar-refractivity contribution is 7.86. The van der Waals surface area contributed by atoms with Gasteiger partial charge in [0.1, 0.15) is 28.9 Å². The number of aliphatic hydroxyl groups is 2. The Morgan fingerprint density at radius 3 is 1.54 bits per heavy atom. The number of rotatable bonds is 19. The lowest BCUT2D eigenvalue weighted by atomic mass is 10.1. The molecule has 0 aliphatic carbocycles. The molecule has 4 aromatic rings. The molecule has 0 spiro atoms. The maximum atomic E-state index is 12.4. The van der Waals surface area contributed by atoms with E-state index in [1.54, 1.807) is 48.5 Å². The molecule has 0 bridgehead atoms. The first-order valence-electron chi connectivity index (χ1n) is 20.4. The largest absolute Gasteiger partial charge is 0.494 e. The summed E-state index contributed by atoms with van der Waals surface area (Å²) in [5, 5.41) is 31.1. The van der Waals surface area contributed by atoms with Crippen LogP contribution in [-0.4, -0.2) is 141 Å². The van der Waals surface area contributed by atoms with E-state index in [1.165, 1.54) is 5.56 Å². The number of unbranched alkanes of at least 4 members (excludes halogenated alkanes) is 2. The van der Waals surface area contributed by atoms with Gasteiger partial charge in [-0.15, -0.1) is 12.4 Å². The van der Waals surface area contributed by atoms with E-state index < -0.39 is 45.0 Å². The minimum Gasteiger partial charge on any atom is -0.494 e. The normalized spacial score (nSPS) is 12.9. The van der Waals surface area contributed by atoms with Crippen LogP contribution < -0.4 is 35.2 Å². The van der Waals surface area contributed by atoms with E-state index in [0.717, 1.165) is 61.9 Å². The zero-order chi connectivity index (χ0) is 48.5. The van der Waals surface area contributed by atoms with Crippen molar-refractivity contribution in [2.24, 2.45) is 11.5 Å². The molecule has 2 heterocycles. The van der Waals surface area contributed by atoms with Crippen LogP contribution in [0.4, 0.5) is 0 Å². The van der Waals surface area contributed by atoms with Gasteiger partial charge in [0.15, 0.2) is 18.1 Å². The zero-order valence-corrected chi connectivity index (χ0v) is 39.7. The van der Waals surface area contributed by atoms with E-state index in [1.807, 2.05) is 41.3 Å². The van der Waals surface area contributed by atoms with E-state index >= 15 is 0 Å². The van der Waals surface area contributed by atoms with Crippen LogP contribution in [-0.2, 0) is 31.6 Å². The molecule has 2 aliphatic heterocycles. The van der Waals surface area contributed by atoms with Gasteiger partial charge in [-0.25, -0.2) is 0 Å². The number of carbonyl (C=O) groups is 1. The molecular weight excluding hydrogens is 960 g/mol. The van der Waals surface area contributed by atoms with Crippen LogP contribution in [0, 0.1) is 10.8 Å². The lowest BCUT2D eigenvalue weighted by molar-refractivity contribution is -0.135. The maximum Gasteiger partial charge on any atom is 0.267 e. The first-order chi connectivity index (χ1) is 31.3. The van der Waals surface area contributed by atoms with Gasteiger partial charge in [0, 0.05) is 48.9 Å². The number of ether oxygens (including phenoxy) is 5. The van der Waals surface area contributed by atoms with Gasteiger partial charge in [-0.05, 0) is 110 Å². The lowest BCUT2D eigenvalue weighted by Crippen LogP contribution is -2.49. The standard InChI is InChI=1S/C20H21ClN2O4.C19H24N4O2.2C2H6O4S.ClH/c21-16-2-4-17(5-3-16)25-13-20(24)23-9-7-22(8-10-23)12-15-1-6-18-19(11-15)27-14-26-18;20-18(21)14-4-8-16(9-5-14)24-12-2-1-3-13-25-17-10-6-15(7-11-17)19(22)23;2*3-1-2-7(4,5)6;/h1-6,11H,7-10,12-14H2;4-11H,1-3,12-13H2,(H3,20,21)(H3,22,23);2*3H,1-2H2,(H,4,5,6);1H. The highest BCUT2D eigenvalue weighted by atomic mass is 35.5. The van der Waals surface area contributed by atoms with Crippen LogP contribution >= 0.6 is 24.0 Å². The molecule has 2 aliphatic rings. The molecule has 20 nitrogen and oxygen atoms in total. The smallest absolute Gasteiger partial charge is 0.267 e. The van der Waals surface area contributed by atoms with Crippen molar-refractivity contribution in [1.82, 2.24) is 9.80 Å². The highest BCUT2D eigenvalue weighted by Crippen LogP contribution is 2.33. The third-order valence-electron chi connectivity index (χ3n) is 9.10. The zero-order valence-electron chi connectivity index (χ0n) is 36.5. The molecular formula is C43H58Cl2N6O14S2. The average Bonchev–Trinajstić information content (AvgIpc) is 3.74. The van der Waals surface area contributed by atoms with E-state index in [-0.39, 0.29) is 43.4 Å². The number of fused-ring (bicyclic) bond motifs is 1. The van der Waals surface area contributed by atoms with Crippen molar-refractivity contribution in [3.05, 3.63) is 113 Å². The molecule has 67 heavy (non-hydrogen) atoms. The van der Waals surface area contributed by atoms with Crippen molar-refractivity contribution in [2.45, 2.75) is 25.8 Å². The number of benzene rings is 4. The van der Waals surface area contributed by atoms with Crippen molar-refractivity contribution < 1.29 is 64.6 Å². The summed E-state index contributed by atoms with van der Waals surface area (Å²) in [6.45, 7) is 4.47. The summed E-state index contributed by atoms with van der Waals surface area (Å²) in [5.41, 5.74) is 13.4. The second-order valence-corrected chi connectivity index (χ2v) is 17.8. The van der Waals surface area contributed by atoms with Crippen LogP contribution in [0.1, 0.15) is 36.0 Å². The number of hydrogen-bond donors (Lipinski definition) is 8. The second-order valence-electron chi connectivity index (χ2n) is 14.2. The predicted octanol–water partition coefficient (Wildman–Crippen LogP) is 3.83. The first-order valence-corrected chi connectivity index (χ1v) is 24.0. The van der Waals surface area contributed by atoms with Crippen molar-refractivity contribution in [2.75, 3.05) is 77.5 Å². The van der Waals surface area contributed by atoms with Gasteiger partial charge >= 0.3 is 0 Å². The fourth-order valence-corrected chi connectivity index (χ4v) is 6.26. The minimum absolute atomic E-state index is 0. The topological polar surface area (TPSA) is 319 Å². The third kappa shape index (κ3) is 24.2. The Morgan fingerprint density at radius 1 is 0.657 bits per heavy atom. The number of piperazine rings is 1. The first kappa shape index (κ1) is 57.7. The number of nitrogen functional groups attached to an aromatic ring is 2. The fourth-order valence-electron chi connectivity index (χ4n) is 5.67. The molecule has 1 saturated heterocycles. The number of nitrogens with one attached hydrogen (secondary N) is 2. The van der Waals surface area contributed by atoms with E-state index in [9.17, 15) is 21.6 Å². The summed E-state index contributed by atoms with van der Waals surface area (Å²) in [5.74, 6) is 2.79. The van der Waals surface area contributed by atoms with Gasteiger partial charge in [-0.1, -0.05) is 17.7 Å². The van der Waals surface area contributed by atoms with Crippen LogP contribution in [0.15, 0.2) is 91.0 Å². The Kier molecular flexibility index (Phi) is 25.9. The third-order valence-corrected chi connectivity index (χ3v) is 10.7. The van der Waals surface area contributed by atoms with Crippen molar-refractivity contribution in [1.29, 1.82) is 10.8 Å². The van der Waals surface area contributed by atoms with Crippen molar-refractivity contribution in [3.8, 4) is 28.7 Å². The second kappa shape index (κ2) is 30.1. The number of carbonyl (C=O) groups excluding carboxylic acids is 1. The molecule has 0 saturated carbocycles. The van der Waals surface area contributed by atoms with Gasteiger partial charge in [0.25, 0.3) is 26.1 Å². The maximum absolute atomic E-state index is 12.4. The molecule has 1 fully saturated rings. The van der Waals surface area contributed by atoms with E-state index in [4.69, 9.17) is 76.9 Å². The molecule has 24 heteroatoms. The van der Waals surface area contributed by atoms with Crippen LogP contribution in [0.2, 0.25) is 5.02 Å². The molecule has 10 N–H and O–H groups in total. The molecule has 1 amide bonds. The van der Waals surface area contributed by atoms with Crippen LogP contribution in [0.3, 0.4) is 0 Å². The van der Waals surface area contributed by atoms with Gasteiger partial charge in [0.05, 0.1) is 37.9 Å². The lowest BCUT2D eigenvalue weighted by Gasteiger charge is -2.34. The predicted molar refractivity (Wildman–Crippen MR) is 255 cm³/mol. The van der Waals surface area contributed by atoms with Gasteiger partial charge in [0.2, 0.25) is 6.79 Å². The number of aliphatic hydroxyl groups excluding tert-OH is 2. The summed E-state index contributed by atoms with van der Waals surface area (Å²) in [4.78, 5) is 16.5. The number of halogens is 2. The number of amidine groups is 2. The molecule has 0 aromatic heterocycles. The molecule has 0 radical (unpaired) electrons. The average molecular weight is 1020 g/mol. The monoisotopic (exact) mass is 1020 g/mol. The fraction of sp³-hybridized carbons (Fsp3) is 0.372. The van der Waals surface area contributed by atoms with Crippen LogP contribution in [0.25, 0.3) is 0 Å². The summed E-state index contributed by atoms with van der Waals surface area (Å²) in [6.07, 6.45) is 2.90. The molecule has 370 valence electrons. The quantitative estimate of drug-likeness (QED) is 0.0286.